The maximum atomic E-state index is 12.3. The zero-order chi connectivity index (χ0) is 14.0. The lowest BCUT2D eigenvalue weighted by atomic mass is 10.1. The number of unbranched alkanes of at least 4 members (excludes halogenated alkanes) is 5. The molecule has 0 radical (unpaired) electrons. The van der Waals surface area contributed by atoms with E-state index in [1.165, 1.54) is 19.3 Å². The lowest BCUT2D eigenvalue weighted by Crippen LogP contribution is -2.24. The van der Waals surface area contributed by atoms with Crippen LogP contribution >= 0.6 is 7.60 Å². The molecule has 0 spiro atoms. The first-order chi connectivity index (χ1) is 8.39. The van der Waals surface area contributed by atoms with E-state index in [9.17, 15) is 4.57 Å². The van der Waals surface area contributed by atoms with Crippen molar-refractivity contribution >= 4 is 7.60 Å². The summed E-state index contributed by atoms with van der Waals surface area (Å²) < 4.78 is 22.7. The quantitative estimate of drug-likeness (QED) is 0.345. The highest BCUT2D eigenvalue weighted by atomic mass is 31.2. The second kappa shape index (κ2) is 9.93. The third-order valence-corrected chi connectivity index (χ3v) is 4.61. The van der Waals surface area contributed by atoms with Gasteiger partial charge in [0, 0.05) is 0 Å². The fraction of sp³-hybridized carbons (Fsp3) is 1.00. The molecule has 0 aliphatic carbocycles. The maximum Gasteiger partial charge on any atom is 0.333 e. The molecule has 0 saturated carbocycles. The molecule has 0 bridgehead atoms. The van der Waals surface area contributed by atoms with E-state index in [0.717, 1.165) is 19.3 Å². The largest absolute Gasteiger partial charge is 0.333 e. The van der Waals surface area contributed by atoms with Gasteiger partial charge in [0.15, 0.2) is 0 Å². The lowest BCUT2D eigenvalue weighted by molar-refractivity contribution is 0.132. The number of rotatable bonds is 11. The van der Waals surface area contributed by atoms with Crippen LogP contribution in [0, 0.1) is 0 Å². The summed E-state index contributed by atoms with van der Waals surface area (Å²) in [7, 11) is -3.14. The minimum atomic E-state index is -3.14. The van der Waals surface area contributed by atoms with Gasteiger partial charge in [-0.2, -0.15) is 0 Å². The molecule has 110 valence electrons. The summed E-state index contributed by atoms with van der Waals surface area (Å²) in [6.07, 6.45) is 5.90. The van der Waals surface area contributed by atoms with Gasteiger partial charge in [-0.3, -0.25) is 13.6 Å². The highest BCUT2D eigenvalue weighted by molar-refractivity contribution is 7.53. The minimum absolute atomic E-state index is 0.391. The van der Waals surface area contributed by atoms with Crippen molar-refractivity contribution in [3.63, 3.8) is 0 Å². The molecule has 6 heteroatoms. The fourth-order valence-electron chi connectivity index (χ4n) is 1.72. The average molecular weight is 280 g/mol. The van der Waals surface area contributed by atoms with Crippen molar-refractivity contribution in [2.75, 3.05) is 6.16 Å². The van der Waals surface area contributed by atoms with Crippen LogP contribution in [0.5, 0.6) is 0 Å². The van der Waals surface area contributed by atoms with E-state index in [-0.39, 0.29) is 0 Å². The van der Waals surface area contributed by atoms with Crippen molar-refractivity contribution in [2.45, 2.75) is 71.8 Å². The first kappa shape index (κ1) is 18.1. The van der Waals surface area contributed by atoms with Gasteiger partial charge in [-0.05, 0) is 20.3 Å². The zero-order valence-corrected chi connectivity index (χ0v) is 12.8. The van der Waals surface area contributed by atoms with Crippen LogP contribution < -0.4 is 11.5 Å². The third kappa shape index (κ3) is 10.0. The highest BCUT2D eigenvalue weighted by Crippen LogP contribution is 2.50. The van der Waals surface area contributed by atoms with Gasteiger partial charge in [-0.1, -0.05) is 39.0 Å². The first-order valence-electron chi connectivity index (χ1n) is 6.86. The van der Waals surface area contributed by atoms with E-state index in [4.69, 9.17) is 20.5 Å². The average Bonchev–Trinajstić information content (AvgIpc) is 2.20. The van der Waals surface area contributed by atoms with Crippen LogP contribution in [0.25, 0.3) is 0 Å². The molecular weight excluding hydrogens is 251 g/mol. The van der Waals surface area contributed by atoms with Crippen LogP contribution in [0.2, 0.25) is 0 Å². The molecule has 2 unspecified atom stereocenters. The molecule has 0 amide bonds. The Labute approximate surface area is 111 Å². The Bertz CT molecular complexity index is 233. The number of hydrogen-bond acceptors (Lipinski definition) is 5. The van der Waals surface area contributed by atoms with Gasteiger partial charge in [-0.15, -0.1) is 0 Å². The number of hydrogen-bond donors (Lipinski definition) is 2. The minimum Gasteiger partial charge on any atom is -0.306 e. The SMILES string of the molecule is CCCCCCCCP(=O)(OC(C)N)OC(C)N. The number of nitrogens with two attached hydrogens (primary N) is 2. The summed E-state index contributed by atoms with van der Waals surface area (Å²) in [6, 6.07) is 0. The molecular formula is C12H29N2O3P. The smallest absolute Gasteiger partial charge is 0.306 e. The van der Waals surface area contributed by atoms with E-state index < -0.39 is 20.1 Å². The molecule has 0 aromatic carbocycles. The van der Waals surface area contributed by atoms with E-state index in [1.54, 1.807) is 13.8 Å². The summed E-state index contributed by atoms with van der Waals surface area (Å²) in [5.41, 5.74) is 11.0. The van der Waals surface area contributed by atoms with Crippen LogP contribution in [-0.2, 0) is 13.6 Å². The van der Waals surface area contributed by atoms with Gasteiger partial charge in [0.2, 0.25) is 0 Å². The topological polar surface area (TPSA) is 87.6 Å². The van der Waals surface area contributed by atoms with E-state index in [2.05, 4.69) is 6.92 Å². The molecule has 2 atom stereocenters. The predicted octanol–water partition coefficient (Wildman–Crippen LogP) is 3.18. The summed E-state index contributed by atoms with van der Waals surface area (Å²) in [4.78, 5) is 0. The predicted molar refractivity (Wildman–Crippen MR) is 75.3 cm³/mol. The normalized spacial score (nSPS) is 18.3. The molecule has 4 N–H and O–H groups in total. The van der Waals surface area contributed by atoms with E-state index in [1.807, 2.05) is 0 Å². The van der Waals surface area contributed by atoms with Gasteiger partial charge in [0.05, 0.1) is 6.16 Å². The molecule has 0 heterocycles. The van der Waals surface area contributed by atoms with Gasteiger partial charge >= 0.3 is 7.60 Å². The van der Waals surface area contributed by atoms with Crippen LogP contribution in [0.15, 0.2) is 0 Å². The summed E-state index contributed by atoms with van der Waals surface area (Å²) in [6.45, 7) is 5.46. The third-order valence-electron chi connectivity index (χ3n) is 2.44. The lowest BCUT2D eigenvalue weighted by Gasteiger charge is -2.22. The molecule has 18 heavy (non-hydrogen) atoms. The first-order valence-corrected chi connectivity index (χ1v) is 8.59. The highest BCUT2D eigenvalue weighted by Gasteiger charge is 2.27. The van der Waals surface area contributed by atoms with Crippen molar-refractivity contribution in [1.29, 1.82) is 0 Å². The second-order valence-corrected chi connectivity index (χ2v) is 6.81. The summed E-state index contributed by atoms with van der Waals surface area (Å²) >= 11 is 0. The van der Waals surface area contributed by atoms with Crippen LogP contribution in [-0.4, -0.2) is 18.6 Å². The van der Waals surface area contributed by atoms with Gasteiger partial charge in [0.1, 0.15) is 12.5 Å². The Balaban J connectivity index is 3.97. The summed E-state index contributed by atoms with van der Waals surface area (Å²) in [5, 5.41) is 0. The van der Waals surface area contributed by atoms with E-state index >= 15 is 0 Å². The molecule has 0 aromatic rings. The van der Waals surface area contributed by atoms with Crippen LogP contribution in [0.4, 0.5) is 0 Å². The molecule has 0 saturated heterocycles. The fourth-order valence-corrected chi connectivity index (χ4v) is 3.61. The Morgan fingerprint density at radius 3 is 1.83 bits per heavy atom. The standard InChI is InChI=1S/C12H29N2O3P/c1-4-5-6-7-8-9-10-18(15,16-11(2)13)17-12(3)14/h11-12H,4-10,13-14H2,1-3H3. The molecule has 0 aliphatic rings. The van der Waals surface area contributed by atoms with Crippen molar-refractivity contribution in [1.82, 2.24) is 0 Å². The summed E-state index contributed by atoms with van der Waals surface area (Å²) in [5.74, 6) is 0. The second-order valence-electron chi connectivity index (χ2n) is 4.72. The Morgan fingerprint density at radius 1 is 0.944 bits per heavy atom. The van der Waals surface area contributed by atoms with Gasteiger partial charge in [-0.25, -0.2) is 0 Å². The Kier molecular flexibility index (Phi) is 9.97. The van der Waals surface area contributed by atoms with Gasteiger partial charge < -0.3 is 11.5 Å². The molecule has 0 aromatic heterocycles. The monoisotopic (exact) mass is 280 g/mol. The van der Waals surface area contributed by atoms with Gasteiger partial charge in [0.25, 0.3) is 0 Å². The molecule has 0 aliphatic heterocycles. The van der Waals surface area contributed by atoms with Crippen LogP contribution in [0.3, 0.4) is 0 Å². The maximum absolute atomic E-state index is 12.3. The Morgan fingerprint density at radius 2 is 1.39 bits per heavy atom. The van der Waals surface area contributed by atoms with Crippen molar-refractivity contribution in [3.05, 3.63) is 0 Å². The van der Waals surface area contributed by atoms with Crippen molar-refractivity contribution < 1.29 is 13.6 Å². The Hall–Kier alpha value is 0.0700. The van der Waals surface area contributed by atoms with E-state index in [0.29, 0.717) is 6.16 Å². The molecule has 0 rings (SSSR count). The van der Waals surface area contributed by atoms with Crippen molar-refractivity contribution in [3.8, 4) is 0 Å². The van der Waals surface area contributed by atoms with Crippen molar-refractivity contribution in [2.24, 2.45) is 11.5 Å². The molecule has 5 nitrogen and oxygen atoms in total. The molecule has 0 fully saturated rings. The van der Waals surface area contributed by atoms with Crippen LogP contribution in [0.1, 0.15) is 59.3 Å². The zero-order valence-electron chi connectivity index (χ0n) is 11.9.